The molecule has 0 fully saturated rings. The number of halogens is 1. The molecule has 6 heteroatoms. The average Bonchev–Trinajstić information content (AvgIpc) is 2.65. The van der Waals surface area contributed by atoms with Gasteiger partial charge in [-0.1, -0.05) is 26.0 Å². The zero-order valence-corrected chi connectivity index (χ0v) is 20.3. The minimum atomic E-state index is 0. The van der Waals surface area contributed by atoms with E-state index in [2.05, 4.69) is 66.4 Å². The molecule has 1 rings (SSSR count). The van der Waals surface area contributed by atoms with Crippen LogP contribution in [0.5, 0.6) is 5.75 Å². The Kier molecular flexibility index (Phi) is 14.4. The molecule has 5 nitrogen and oxygen atoms in total. The number of rotatable bonds is 11. The van der Waals surface area contributed by atoms with E-state index in [0.29, 0.717) is 6.04 Å². The summed E-state index contributed by atoms with van der Waals surface area (Å²) < 4.78 is 5.40. The van der Waals surface area contributed by atoms with Crippen LogP contribution in [0.2, 0.25) is 0 Å². The van der Waals surface area contributed by atoms with Crippen molar-refractivity contribution in [3.05, 3.63) is 29.3 Å². The van der Waals surface area contributed by atoms with E-state index in [0.717, 1.165) is 44.2 Å². The first-order chi connectivity index (χ1) is 12.5. The molecule has 0 amide bonds. The van der Waals surface area contributed by atoms with Gasteiger partial charge >= 0.3 is 0 Å². The predicted molar refractivity (Wildman–Crippen MR) is 128 cm³/mol. The molecule has 1 aromatic carbocycles. The summed E-state index contributed by atoms with van der Waals surface area (Å²) in [4.78, 5) is 6.81. The van der Waals surface area contributed by atoms with Gasteiger partial charge in [-0.2, -0.15) is 0 Å². The Hall–Kier alpha value is -1.02. The van der Waals surface area contributed by atoms with Gasteiger partial charge < -0.3 is 20.3 Å². The molecule has 0 aliphatic heterocycles. The van der Waals surface area contributed by atoms with Gasteiger partial charge in [-0.3, -0.25) is 4.99 Å². The zero-order chi connectivity index (χ0) is 19.4. The molecule has 1 unspecified atom stereocenters. The molecule has 0 aliphatic rings. The lowest BCUT2D eigenvalue weighted by Gasteiger charge is -2.21. The van der Waals surface area contributed by atoms with E-state index >= 15 is 0 Å². The highest BCUT2D eigenvalue weighted by Crippen LogP contribution is 2.18. The Labute approximate surface area is 183 Å². The van der Waals surface area contributed by atoms with Crippen LogP contribution in [0.25, 0.3) is 0 Å². The van der Waals surface area contributed by atoms with Crippen molar-refractivity contribution >= 4 is 29.9 Å². The minimum Gasteiger partial charge on any atom is -0.496 e. The highest BCUT2D eigenvalue weighted by atomic mass is 127. The summed E-state index contributed by atoms with van der Waals surface area (Å²) in [5.41, 5.74) is 2.43. The van der Waals surface area contributed by atoms with Crippen LogP contribution in [0.1, 0.15) is 44.7 Å². The van der Waals surface area contributed by atoms with E-state index in [-0.39, 0.29) is 24.0 Å². The number of ether oxygens (including phenoxy) is 1. The monoisotopic (exact) mass is 490 g/mol. The third-order valence-corrected chi connectivity index (χ3v) is 4.79. The molecule has 1 aromatic rings. The summed E-state index contributed by atoms with van der Waals surface area (Å²) in [6.45, 7) is 13.0. The van der Waals surface area contributed by atoms with Gasteiger partial charge in [0.05, 0.1) is 7.11 Å². The molecular weight excluding hydrogens is 451 g/mol. The first-order valence-corrected chi connectivity index (χ1v) is 9.87. The summed E-state index contributed by atoms with van der Waals surface area (Å²) in [5, 5.41) is 6.90. The molecular formula is C21H39IN4O. The molecule has 0 radical (unpaired) electrons. The van der Waals surface area contributed by atoms with Crippen molar-refractivity contribution in [2.45, 2.75) is 53.0 Å². The Morgan fingerprint density at radius 2 is 1.96 bits per heavy atom. The fourth-order valence-corrected chi connectivity index (χ4v) is 3.01. The smallest absolute Gasteiger partial charge is 0.191 e. The van der Waals surface area contributed by atoms with Crippen LogP contribution in [0.15, 0.2) is 23.2 Å². The second-order valence-corrected chi connectivity index (χ2v) is 6.77. The maximum atomic E-state index is 5.40. The third kappa shape index (κ3) is 10.2. The first kappa shape index (κ1) is 26.0. The van der Waals surface area contributed by atoms with E-state index in [1.165, 1.54) is 24.1 Å². The number of aliphatic imine (C=N–C) groups is 1. The quantitative estimate of drug-likeness (QED) is 0.281. The second kappa shape index (κ2) is 15.0. The number of nitrogens with zero attached hydrogens (tertiary/aromatic N) is 2. The lowest BCUT2D eigenvalue weighted by molar-refractivity contribution is 0.292. The number of hydrogen-bond donors (Lipinski definition) is 2. The number of hydrogen-bond acceptors (Lipinski definition) is 3. The van der Waals surface area contributed by atoms with Crippen molar-refractivity contribution in [1.29, 1.82) is 0 Å². The van der Waals surface area contributed by atoms with E-state index in [1.807, 2.05) is 7.05 Å². The third-order valence-electron chi connectivity index (χ3n) is 4.79. The SMILES string of the molecule is CCN(CC)CCCC(C)NC(=NC)NCCc1ccc(C)c(OC)c1.I. The molecule has 0 spiro atoms. The van der Waals surface area contributed by atoms with E-state index in [9.17, 15) is 0 Å². The van der Waals surface area contributed by atoms with Crippen molar-refractivity contribution < 1.29 is 4.74 Å². The number of benzene rings is 1. The summed E-state index contributed by atoms with van der Waals surface area (Å²) in [5.74, 6) is 1.83. The molecule has 156 valence electrons. The molecule has 27 heavy (non-hydrogen) atoms. The standard InChI is InChI=1S/C21H38N4O.HI/c1-7-25(8-2)15-9-10-18(4)24-21(22-5)23-14-13-19-12-11-17(3)20(16-19)26-6;/h11-12,16,18H,7-10,13-15H2,1-6H3,(H2,22,23,24);1H. The first-order valence-electron chi connectivity index (χ1n) is 9.87. The number of nitrogens with one attached hydrogen (secondary N) is 2. The molecule has 0 aromatic heterocycles. The zero-order valence-electron chi connectivity index (χ0n) is 18.0. The van der Waals surface area contributed by atoms with Crippen molar-refractivity contribution in [2.24, 2.45) is 4.99 Å². The fourth-order valence-electron chi connectivity index (χ4n) is 3.01. The summed E-state index contributed by atoms with van der Waals surface area (Å²) in [6, 6.07) is 6.80. The van der Waals surface area contributed by atoms with Gasteiger partial charge in [0.1, 0.15) is 5.75 Å². The molecule has 0 aliphatic carbocycles. The van der Waals surface area contributed by atoms with Crippen molar-refractivity contribution in [2.75, 3.05) is 40.3 Å². The minimum absolute atomic E-state index is 0. The van der Waals surface area contributed by atoms with Crippen molar-refractivity contribution in [3.63, 3.8) is 0 Å². The molecule has 0 saturated heterocycles. The van der Waals surface area contributed by atoms with Gasteiger partial charge in [0.15, 0.2) is 5.96 Å². The number of guanidine groups is 1. The van der Waals surface area contributed by atoms with Crippen LogP contribution in [0.4, 0.5) is 0 Å². The van der Waals surface area contributed by atoms with Gasteiger partial charge in [-0.15, -0.1) is 24.0 Å². The van der Waals surface area contributed by atoms with E-state index in [1.54, 1.807) is 7.11 Å². The lowest BCUT2D eigenvalue weighted by Crippen LogP contribution is -2.43. The largest absolute Gasteiger partial charge is 0.496 e. The van der Waals surface area contributed by atoms with Crippen molar-refractivity contribution in [3.8, 4) is 5.75 Å². The van der Waals surface area contributed by atoms with Crippen LogP contribution in [0, 0.1) is 6.92 Å². The number of aryl methyl sites for hydroxylation is 1. The van der Waals surface area contributed by atoms with Gasteiger partial charge in [0.25, 0.3) is 0 Å². The highest BCUT2D eigenvalue weighted by molar-refractivity contribution is 14.0. The molecule has 1 atom stereocenters. The molecule has 2 N–H and O–H groups in total. The Morgan fingerprint density at radius 1 is 1.26 bits per heavy atom. The molecule has 0 saturated carbocycles. The Morgan fingerprint density at radius 3 is 2.56 bits per heavy atom. The maximum Gasteiger partial charge on any atom is 0.191 e. The highest BCUT2D eigenvalue weighted by Gasteiger charge is 2.07. The topological polar surface area (TPSA) is 48.9 Å². The predicted octanol–water partition coefficient (Wildman–Crippen LogP) is 3.84. The van der Waals surface area contributed by atoms with Gasteiger partial charge in [0.2, 0.25) is 0 Å². The summed E-state index contributed by atoms with van der Waals surface area (Å²) >= 11 is 0. The fraction of sp³-hybridized carbons (Fsp3) is 0.667. The Bertz CT molecular complexity index is 547. The maximum absolute atomic E-state index is 5.40. The lowest BCUT2D eigenvalue weighted by atomic mass is 10.1. The number of methoxy groups -OCH3 is 1. The average molecular weight is 490 g/mol. The molecule has 0 heterocycles. The van der Waals surface area contributed by atoms with Gasteiger partial charge in [-0.05, 0) is 69.9 Å². The second-order valence-electron chi connectivity index (χ2n) is 6.77. The van der Waals surface area contributed by atoms with Gasteiger partial charge in [-0.25, -0.2) is 0 Å². The summed E-state index contributed by atoms with van der Waals surface area (Å²) in [6.07, 6.45) is 3.29. The van der Waals surface area contributed by atoms with E-state index < -0.39 is 0 Å². The van der Waals surface area contributed by atoms with Crippen LogP contribution in [-0.4, -0.2) is 57.2 Å². The summed E-state index contributed by atoms with van der Waals surface area (Å²) in [7, 11) is 3.55. The van der Waals surface area contributed by atoms with Crippen LogP contribution < -0.4 is 15.4 Å². The Balaban J connectivity index is 0.00000676. The molecule has 0 bridgehead atoms. The van der Waals surface area contributed by atoms with Crippen LogP contribution in [-0.2, 0) is 6.42 Å². The normalized spacial score (nSPS) is 12.5. The van der Waals surface area contributed by atoms with Crippen molar-refractivity contribution in [1.82, 2.24) is 15.5 Å². The van der Waals surface area contributed by atoms with E-state index in [4.69, 9.17) is 4.74 Å². The van der Waals surface area contributed by atoms with Crippen LogP contribution >= 0.6 is 24.0 Å². The van der Waals surface area contributed by atoms with Gasteiger partial charge in [0, 0.05) is 19.6 Å². The van der Waals surface area contributed by atoms with Crippen LogP contribution in [0.3, 0.4) is 0 Å².